The molecule has 0 fully saturated rings. The Morgan fingerprint density at radius 2 is 2.07 bits per heavy atom. The number of methoxy groups -OCH3 is 2. The van der Waals surface area contributed by atoms with Gasteiger partial charge in [-0.15, -0.1) is 6.58 Å². The van der Waals surface area contributed by atoms with Crippen molar-refractivity contribution < 1.29 is 9.47 Å². The third-order valence-electron chi connectivity index (χ3n) is 2.14. The van der Waals surface area contributed by atoms with Gasteiger partial charge in [-0.1, -0.05) is 6.08 Å². The van der Waals surface area contributed by atoms with Gasteiger partial charge in [0.05, 0.1) is 19.9 Å². The van der Waals surface area contributed by atoms with E-state index in [0.29, 0.717) is 0 Å². The Balaban J connectivity index is 2.95. The highest BCUT2D eigenvalue weighted by Gasteiger charge is 2.06. The molecule has 0 aromatic heterocycles. The van der Waals surface area contributed by atoms with Crippen LogP contribution in [0.4, 0.5) is 5.69 Å². The summed E-state index contributed by atoms with van der Waals surface area (Å²) < 4.78 is 10.4. The summed E-state index contributed by atoms with van der Waals surface area (Å²) >= 11 is 0. The predicted molar refractivity (Wildman–Crippen MR) is 62.8 cm³/mol. The molecule has 3 nitrogen and oxygen atoms in total. The largest absolute Gasteiger partial charge is 0.497 e. The number of hydrogen-bond donors (Lipinski definition) is 1. The highest BCUT2D eigenvalue weighted by atomic mass is 16.5. The maximum absolute atomic E-state index is 5.24. The molecule has 15 heavy (non-hydrogen) atoms. The molecule has 1 rings (SSSR count). The zero-order valence-electron chi connectivity index (χ0n) is 9.41. The van der Waals surface area contributed by atoms with Crippen molar-refractivity contribution in [2.24, 2.45) is 0 Å². The van der Waals surface area contributed by atoms with Gasteiger partial charge in [0, 0.05) is 12.1 Å². The number of ether oxygens (including phenoxy) is 2. The summed E-state index contributed by atoms with van der Waals surface area (Å²) in [7, 11) is 3.29. The van der Waals surface area contributed by atoms with E-state index in [4.69, 9.17) is 9.47 Å². The quantitative estimate of drug-likeness (QED) is 0.753. The maximum Gasteiger partial charge on any atom is 0.142 e. The van der Waals surface area contributed by atoms with Crippen molar-refractivity contribution in [2.45, 2.75) is 13.0 Å². The average molecular weight is 207 g/mol. The van der Waals surface area contributed by atoms with Gasteiger partial charge < -0.3 is 14.8 Å². The first-order chi connectivity index (χ1) is 7.21. The van der Waals surface area contributed by atoms with Crippen molar-refractivity contribution in [3.63, 3.8) is 0 Å². The molecule has 0 radical (unpaired) electrons. The SMILES string of the molecule is C=CC(C)Nc1cc(OC)ccc1OC. The summed E-state index contributed by atoms with van der Waals surface area (Å²) in [6, 6.07) is 5.82. The highest BCUT2D eigenvalue weighted by molar-refractivity contribution is 5.60. The summed E-state index contributed by atoms with van der Waals surface area (Å²) in [5, 5.41) is 3.26. The molecule has 0 bridgehead atoms. The van der Waals surface area contributed by atoms with Gasteiger partial charge in [-0.25, -0.2) is 0 Å². The molecule has 0 saturated carbocycles. The standard InChI is InChI=1S/C12H17NO2/c1-5-9(2)13-11-8-10(14-3)6-7-12(11)15-4/h5-9,13H,1H2,2-4H3. The Hall–Kier alpha value is -1.64. The molecule has 1 unspecified atom stereocenters. The predicted octanol–water partition coefficient (Wildman–Crippen LogP) is 2.69. The molecule has 0 aliphatic heterocycles. The number of benzene rings is 1. The topological polar surface area (TPSA) is 30.5 Å². The summed E-state index contributed by atoms with van der Waals surface area (Å²) in [5.41, 5.74) is 0.907. The Labute approximate surface area is 90.7 Å². The fourth-order valence-corrected chi connectivity index (χ4v) is 1.23. The van der Waals surface area contributed by atoms with Crippen LogP contribution < -0.4 is 14.8 Å². The molecule has 0 spiro atoms. The second-order valence-electron chi connectivity index (χ2n) is 3.23. The molecular weight excluding hydrogens is 190 g/mol. The second kappa shape index (κ2) is 5.29. The lowest BCUT2D eigenvalue weighted by atomic mass is 10.2. The van der Waals surface area contributed by atoms with Gasteiger partial charge in [0.15, 0.2) is 0 Å². The number of nitrogens with one attached hydrogen (secondary N) is 1. The van der Waals surface area contributed by atoms with Crippen molar-refractivity contribution >= 4 is 5.69 Å². The fraction of sp³-hybridized carbons (Fsp3) is 0.333. The van der Waals surface area contributed by atoms with E-state index in [9.17, 15) is 0 Å². The molecule has 1 aromatic rings. The minimum Gasteiger partial charge on any atom is -0.497 e. The number of anilines is 1. The first-order valence-corrected chi connectivity index (χ1v) is 4.82. The van der Waals surface area contributed by atoms with Crippen LogP contribution in [0.2, 0.25) is 0 Å². The van der Waals surface area contributed by atoms with Crippen LogP contribution in [0.5, 0.6) is 11.5 Å². The first kappa shape index (κ1) is 11.4. The van der Waals surface area contributed by atoms with Gasteiger partial charge in [0.25, 0.3) is 0 Å². The van der Waals surface area contributed by atoms with E-state index in [1.54, 1.807) is 14.2 Å². The molecule has 0 amide bonds. The van der Waals surface area contributed by atoms with Gasteiger partial charge in [-0.3, -0.25) is 0 Å². The van der Waals surface area contributed by atoms with Crippen LogP contribution in [0.25, 0.3) is 0 Å². The highest BCUT2D eigenvalue weighted by Crippen LogP contribution is 2.29. The zero-order chi connectivity index (χ0) is 11.3. The molecule has 1 N–H and O–H groups in total. The van der Waals surface area contributed by atoms with Gasteiger partial charge in [-0.05, 0) is 19.1 Å². The molecule has 0 aliphatic carbocycles. The van der Waals surface area contributed by atoms with Crippen LogP contribution in [0.3, 0.4) is 0 Å². The minimum absolute atomic E-state index is 0.186. The van der Waals surface area contributed by atoms with Crippen molar-refractivity contribution in [2.75, 3.05) is 19.5 Å². The van der Waals surface area contributed by atoms with E-state index in [1.807, 2.05) is 31.2 Å². The molecule has 1 aromatic carbocycles. The van der Waals surface area contributed by atoms with Gasteiger partial charge in [-0.2, -0.15) is 0 Å². The minimum atomic E-state index is 0.186. The maximum atomic E-state index is 5.24. The molecule has 0 saturated heterocycles. The van der Waals surface area contributed by atoms with Crippen molar-refractivity contribution in [1.82, 2.24) is 0 Å². The molecular formula is C12H17NO2. The Kier molecular flexibility index (Phi) is 4.03. The zero-order valence-corrected chi connectivity index (χ0v) is 9.41. The van der Waals surface area contributed by atoms with Crippen molar-refractivity contribution in [1.29, 1.82) is 0 Å². The lowest BCUT2D eigenvalue weighted by Crippen LogP contribution is -2.12. The van der Waals surface area contributed by atoms with E-state index in [2.05, 4.69) is 11.9 Å². The summed E-state index contributed by atoms with van der Waals surface area (Å²) in [4.78, 5) is 0. The monoisotopic (exact) mass is 207 g/mol. The fourth-order valence-electron chi connectivity index (χ4n) is 1.23. The lowest BCUT2D eigenvalue weighted by molar-refractivity contribution is 0.404. The van der Waals surface area contributed by atoms with E-state index < -0.39 is 0 Å². The van der Waals surface area contributed by atoms with Gasteiger partial charge in [0.1, 0.15) is 11.5 Å². The Bertz CT molecular complexity index is 336. The van der Waals surface area contributed by atoms with Crippen LogP contribution in [0.1, 0.15) is 6.92 Å². The second-order valence-corrected chi connectivity index (χ2v) is 3.23. The Morgan fingerprint density at radius 1 is 1.33 bits per heavy atom. The van der Waals surface area contributed by atoms with Crippen LogP contribution in [-0.4, -0.2) is 20.3 Å². The lowest BCUT2D eigenvalue weighted by Gasteiger charge is -2.15. The first-order valence-electron chi connectivity index (χ1n) is 4.82. The number of rotatable bonds is 5. The molecule has 0 heterocycles. The summed E-state index contributed by atoms with van der Waals surface area (Å²) in [6.45, 7) is 5.74. The van der Waals surface area contributed by atoms with E-state index in [1.165, 1.54) is 0 Å². The summed E-state index contributed by atoms with van der Waals surface area (Å²) in [5.74, 6) is 1.60. The average Bonchev–Trinajstić information content (AvgIpc) is 2.28. The smallest absolute Gasteiger partial charge is 0.142 e. The molecule has 3 heteroatoms. The normalized spacial score (nSPS) is 11.7. The van der Waals surface area contributed by atoms with Crippen LogP contribution in [0.15, 0.2) is 30.9 Å². The molecule has 1 atom stereocenters. The van der Waals surface area contributed by atoms with E-state index >= 15 is 0 Å². The van der Waals surface area contributed by atoms with Crippen LogP contribution in [-0.2, 0) is 0 Å². The summed E-state index contributed by atoms with van der Waals surface area (Å²) in [6.07, 6.45) is 1.83. The third-order valence-corrected chi connectivity index (χ3v) is 2.14. The van der Waals surface area contributed by atoms with Crippen LogP contribution >= 0.6 is 0 Å². The Morgan fingerprint density at radius 3 is 2.60 bits per heavy atom. The van der Waals surface area contributed by atoms with Gasteiger partial charge in [0.2, 0.25) is 0 Å². The van der Waals surface area contributed by atoms with Gasteiger partial charge >= 0.3 is 0 Å². The number of hydrogen-bond acceptors (Lipinski definition) is 3. The van der Waals surface area contributed by atoms with E-state index in [0.717, 1.165) is 17.2 Å². The third kappa shape index (κ3) is 2.91. The van der Waals surface area contributed by atoms with Crippen molar-refractivity contribution in [3.8, 4) is 11.5 Å². The van der Waals surface area contributed by atoms with Crippen molar-refractivity contribution in [3.05, 3.63) is 30.9 Å². The molecule has 0 aliphatic rings. The van der Waals surface area contributed by atoms with Crippen LogP contribution in [0, 0.1) is 0 Å². The van der Waals surface area contributed by atoms with E-state index in [-0.39, 0.29) is 6.04 Å². The molecule has 82 valence electrons.